The van der Waals surface area contributed by atoms with Crippen molar-refractivity contribution < 1.29 is 9.18 Å². The van der Waals surface area contributed by atoms with Crippen LogP contribution in [0.25, 0.3) is 0 Å². The number of benzene rings is 1. The Labute approximate surface area is 108 Å². The van der Waals surface area contributed by atoms with Crippen LogP contribution >= 0.6 is 0 Å². The van der Waals surface area contributed by atoms with E-state index in [0.717, 1.165) is 11.1 Å². The third kappa shape index (κ3) is 3.81. The molecule has 3 N–H and O–H groups in total. The van der Waals surface area contributed by atoms with E-state index in [1.807, 2.05) is 27.7 Å². The quantitative estimate of drug-likeness (QED) is 0.862. The van der Waals surface area contributed by atoms with Gasteiger partial charge >= 0.3 is 0 Å². The predicted octanol–water partition coefficient (Wildman–Crippen LogP) is 2.12. The lowest BCUT2D eigenvalue weighted by Crippen LogP contribution is -2.49. The SMILES string of the molecule is Cc1ccc(F)cc1CN[C@@H](C(N)=O)C(C)(C)C. The number of amides is 1. The van der Waals surface area contributed by atoms with Gasteiger partial charge in [0.15, 0.2) is 0 Å². The Bertz CT molecular complexity index is 438. The van der Waals surface area contributed by atoms with Crippen molar-refractivity contribution in [1.29, 1.82) is 0 Å². The fourth-order valence-electron chi connectivity index (χ4n) is 1.88. The summed E-state index contributed by atoms with van der Waals surface area (Å²) in [6, 6.07) is 4.18. The Hall–Kier alpha value is -1.42. The maximum absolute atomic E-state index is 13.1. The summed E-state index contributed by atoms with van der Waals surface area (Å²) in [5, 5.41) is 3.10. The molecule has 0 radical (unpaired) electrons. The highest BCUT2D eigenvalue weighted by Crippen LogP contribution is 2.20. The van der Waals surface area contributed by atoms with Gasteiger partial charge in [0.25, 0.3) is 0 Å². The fourth-order valence-corrected chi connectivity index (χ4v) is 1.88. The molecule has 0 bridgehead atoms. The zero-order valence-corrected chi connectivity index (χ0v) is 11.4. The summed E-state index contributed by atoms with van der Waals surface area (Å²) in [6.45, 7) is 8.15. The van der Waals surface area contributed by atoms with E-state index in [0.29, 0.717) is 6.54 Å². The molecule has 0 saturated carbocycles. The maximum Gasteiger partial charge on any atom is 0.235 e. The molecular formula is C14H21FN2O. The number of carbonyl (C=O) groups excluding carboxylic acids is 1. The Morgan fingerprint density at radius 1 is 1.44 bits per heavy atom. The lowest BCUT2D eigenvalue weighted by Gasteiger charge is -2.29. The van der Waals surface area contributed by atoms with Gasteiger partial charge in [-0.05, 0) is 35.6 Å². The van der Waals surface area contributed by atoms with Crippen LogP contribution in [0.3, 0.4) is 0 Å². The van der Waals surface area contributed by atoms with Crippen molar-refractivity contribution in [2.45, 2.75) is 40.3 Å². The molecule has 0 fully saturated rings. The van der Waals surface area contributed by atoms with Crippen molar-refractivity contribution in [3.05, 3.63) is 35.1 Å². The van der Waals surface area contributed by atoms with Crippen molar-refractivity contribution in [1.82, 2.24) is 5.32 Å². The van der Waals surface area contributed by atoms with E-state index in [-0.39, 0.29) is 11.2 Å². The van der Waals surface area contributed by atoms with Gasteiger partial charge in [-0.25, -0.2) is 4.39 Å². The highest BCUT2D eigenvalue weighted by Gasteiger charge is 2.28. The maximum atomic E-state index is 13.1. The van der Waals surface area contributed by atoms with Gasteiger partial charge in [-0.3, -0.25) is 4.79 Å². The number of nitrogens with one attached hydrogen (secondary N) is 1. The van der Waals surface area contributed by atoms with E-state index in [1.54, 1.807) is 6.07 Å². The molecule has 0 aliphatic carbocycles. The second-order valence-corrected chi connectivity index (χ2v) is 5.65. The molecular weight excluding hydrogens is 231 g/mol. The fraction of sp³-hybridized carbons (Fsp3) is 0.500. The van der Waals surface area contributed by atoms with E-state index < -0.39 is 11.9 Å². The molecule has 0 saturated heterocycles. The van der Waals surface area contributed by atoms with Gasteiger partial charge in [-0.2, -0.15) is 0 Å². The molecule has 0 unspecified atom stereocenters. The van der Waals surface area contributed by atoms with E-state index in [1.165, 1.54) is 12.1 Å². The zero-order valence-electron chi connectivity index (χ0n) is 11.4. The van der Waals surface area contributed by atoms with Gasteiger partial charge in [-0.1, -0.05) is 26.8 Å². The first-order valence-corrected chi connectivity index (χ1v) is 5.99. The summed E-state index contributed by atoms with van der Waals surface area (Å²) >= 11 is 0. The summed E-state index contributed by atoms with van der Waals surface area (Å²) in [6.07, 6.45) is 0. The standard InChI is InChI=1S/C14H21FN2O/c1-9-5-6-11(15)7-10(9)8-17-12(13(16)18)14(2,3)4/h5-7,12,17H,8H2,1-4H3,(H2,16,18)/t12-/m0/s1. The van der Waals surface area contributed by atoms with Crippen LogP contribution in [-0.4, -0.2) is 11.9 Å². The topological polar surface area (TPSA) is 55.1 Å². The molecule has 0 aliphatic rings. The second kappa shape index (κ2) is 5.48. The number of carbonyl (C=O) groups is 1. The second-order valence-electron chi connectivity index (χ2n) is 5.65. The van der Waals surface area contributed by atoms with Gasteiger partial charge in [0.1, 0.15) is 5.82 Å². The van der Waals surface area contributed by atoms with Crippen LogP contribution in [-0.2, 0) is 11.3 Å². The predicted molar refractivity (Wildman–Crippen MR) is 70.4 cm³/mol. The van der Waals surface area contributed by atoms with Crippen molar-refractivity contribution >= 4 is 5.91 Å². The van der Waals surface area contributed by atoms with Crippen LogP contribution in [0.1, 0.15) is 31.9 Å². The molecule has 18 heavy (non-hydrogen) atoms. The van der Waals surface area contributed by atoms with Crippen LogP contribution in [0.5, 0.6) is 0 Å². The first-order chi connectivity index (χ1) is 8.21. The number of aryl methyl sites for hydroxylation is 1. The minimum absolute atomic E-state index is 0.271. The van der Waals surface area contributed by atoms with Crippen molar-refractivity contribution in [3.63, 3.8) is 0 Å². The minimum Gasteiger partial charge on any atom is -0.368 e. The summed E-state index contributed by atoms with van der Waals surface area (Å²) in [5.74, 6) is -0.666. The Morgan fingerprint density at radius 3 is 2.56 bits per heavy atom. The summed E-state index contributed by atoms with van der Waals surface area (Å²) in [7, 11) is 0. The van der Waals surface area contributed by atoms with E-state index in [2.05, 4.69) is 5.32 Å². The third-order valence-corrected chi connectivity index (χ3v) is 2.96. The van der Waals surface area contributed by atoms with Gasteiger partial charge < -0.3 is 11.1 Å². The van der Waals surface area contributed by atoms with Crippen LogP contribution in [0, 0.1) is 18.2 Å². The van der Waals surface area contributed by atoms with Gasteiger partial charge in [0.05, 0.1) is 6.04 Å². The smallest absolute Gasteiger partial charge is 0.235 e. The first-order valence-electron chi connectivity index (χ1n) is 5.99. The van der Waals surface area contributed by atoms with E-state index in [9.17, 15) is 9.18 Å². The van der Waals surface area contributed by atoms with Crippen LogP contribution in [0.2, 0.25) is 0 Å². The molecule has 0 heterocycles. The molecule has 1 atom stereocenters. The Morgan fingerprint density at radius 2 is 2.06 bits per heavy atom. The molecule has 3 nitrogen and oxygen atoms in total. The molecule has 1 rings (SSSR count). The summed E-state index contributed by atoms with van der Waals surface area (Å²) in [5.41, 5.74) is 6.93. The minimum atomic E-state index is -0.444. The number of hydrogen-bond acceptors (Lipinski definition) is 2. The zero-order chi connectivity index (χ0) is 13.9. The van der Waals surface area contributed by atoms with Gasteiger partial charge in [-0.15, -0.1) is 0 Å². The molecule has 0 aliphatic heterocycles. The normalized spacial score (nSPS) is 13.4. The number of rotatable bonds is 4. The highest BCUT2D eigenvalue weighted by atomic mass is 19.1. The average molecular weight is 252 g/mol. The highest BCUT2D eigenvalue weighted by molar-refractivity contribution is 5.80. The van der Waals surface area contributed by atoms with E-state index in [4.69, 9.17) is 5.73 Å². The Balaban J connectivity index is 2.79. The number of hydrogen-bond donors (Lipinski definition) is 2. The molecule has 0 spiro atoms. The lowest BCUT2D eigenvalue weighted by molar-refractivity contribution is -0.122. The third-order valence-electron chi connectivity index (χ3n) is 2.96. The monoisotopic (exact) mass is 252 g/mol. The molecule has 1 aromatic rings. The largest absolute Gasteiger partial charge is 0.368 e. The van der Waals surface area contributed by atoms with Crippen molar-refractivity contribution in [3.8, 4) is 0 Å². The van der Waals surface area contributed by atoms with Gasteiger partial charge in [0, 0.05) is 6.54 Å². The van der Waals surface area contributed by atoms with E-state index >= 15 is 0 Å². The first kappa shape index (κ1) is 14.6. The van der Waals surface area contributed by atoms with Crippen molar-refractivity contribution in [2.24, 2.45) is 11.1 Å². The molecule has 100 valence electrons. The number of halogens is 1. The lowest BCUT2D eigenvalue weighted by atomic mass is 9.86. The molecule has 0 aromatic heterocycles. The molecule has 4 heteroatoms. The molecule has 1 aromatic carbocycles. The molecule has 1 amide bonds. The van der Waals surface area contributed by atoms with Gasteiger partial charge in [0.2, 0.25) is 5.91 Å². The number of nitrogens with two attached hydrogens (primary N) is 1. The average Bonchev–Trinajstić information content (AvgIpc) is 2.20. The van der Waals surface area contributed by atoms with Crippen molar-refractivity contribution in [2.75, 3.05) is 0 Å². The summed E-state index contributed by atoms with van der Waals surface area (Å²) < 4.78 is 13.1. The summed E-state index contributed by atoms with van der Waals surface area (Å²) in [4.78, 5) is 11.4. The van der Waals surface area contributed by atoms with Crippen LogP contribution in [0.15, 0.2) is 18.2 Å². The van der Waals surface area contributed by atoms with Crippen LogP contribution < -0.4 is 11.1 Å². The Kier molecular flexibility index (Phi) is 4.46. The number of primary amides is 1. The van der Waals surface area contributed by atoms with Crippen LogP contribution in [0.4, 0.5) is 4.39 Å².